The van der Waals surface area contributed by atoms with Gasteiger partial charge in [-0.25, -0.2) is 9.18 Å². The predicted octanol–water partition coefficient (Wildman–Crippen LogP) is 2.91. The first-order valence-corrected chi connectivity index (χ1v) is 5.85. The Kier molecular flexibility index (Phi) is 4.73. The van der Waals surface area contributed by atoms with E-state index < -0.39 is 11.8 Å². The molecule has 0 amide bonds. The molecule has 5 heteroatoms. The lowest BCUT2D eigenvalue weighted by atomic mass is 10.1. The molecule has 0 saturated carbocycles. The highest BCUT2D eigenvalue weighted by Crippen LogP contribution is 2.26. The van der Waals surface area contributed by atoms with Crippen LogP contribution >= 0.6 is 15.9 Å². The van der Waals surface area contributed by atoms with Crippen LogP contribution in [-0.4, -0.2) is 19.7 Å². The van der Waals surface area contributed by atoms with Crippen molar-refractivity contribution >= 4 is 21.9 Å². The fraction of sp³-hybridized carbons (Fsp3) is 0.364. The molecule has 1 aromatic rings. The molecule has 0 unspecified atom stereocenters. The minimum atomic E-state index is -0.567. The highest BCUT2D eigenvalue weighted by atomic mass is 79.9. The minimum absolute atomic E-state index is 0.143. The van der Waals surface area contributed by atoms with Crippen LogP contribution in [-0.2, 0) is 10.1 Å². The van der Waals surface area contributed by atoms with Crippen molar-refractivity contribution in [3.8, 4) is 5.75 Å². The van der Waals surface area contributed by atoms with E-state index >= 15 is 0 Å². The summed E-state index contributed by atoms with van der Waals surface area (Å²) in [4.78, 5) is 11.4. The number of hydrogen-bond donors (Lipinski definition) is 0. The molecule has 0 aliphatic carbocycles. The number of esters is 1. The van der Waals surface area contributed by atoms with Crippen molar-refractivity contribution in [3.63, 3.8) is 0 Å². The van der Waals surface area contributed by atoms with Crippen LogP contribution in [0, 0.1) is 5.82 Å². The minimum Gasteiger partial charge on any atom is -0.493 e. The van der Waals surface area contributed by atoms with Crippen molar-refractivity contribution in [3.05, 3.63) is 29.1 Å². The fourth-order valence-electron chi connectivity index (χ4n) is 1.31. The molecule has 3 nitrogen and oxygen atoms in total. The Morgan fingerprint density at radius 1 is 1.50 bits per heavy atom. The molecule has 0 fully saturated rings. The lowest BCUT2D eigenvalue weighted by Crippen LogP contribution is -2.06. The SMILES string of the molecule is CCOC(=O)c1cc(F)c(OC)c(CBr)c1. The van der Waals surface area contributed by atoms with Gasteiger partial charge in [-0.2, -0.15) is 0 Å². The number of methoxy groups -OCH3 is 1. The van der Waals surface area contributed by atoms with Gasteiger partial charge in [0.2, 0.25) is 0 Å². The van der Waals surface area contributed by atoms with E-state index in [0.29, 0.717) is 10.9 Å². The Bertz CT molecular complexity index is 393. The standard InChI is InChI=1S/C11H12BrFO3/c1-3-16-11(14)7-4-8(6-12)10(15-2)9(13)5-7/h4-5H,3,6H2,1-2H3. The zero-order valence-corrected chi connectivity index (χ0v) is 10.6. The summed E-state index contributed by atoms with van der Waals surface area (Å²) in [6, 6.07) is 2.66. The fourth-order valence-corrected chi connectivity index (χ4v) is 1.73. The van der Waals surface area contributed by atoms with Gasteiger partial charge in [-0.1, -0.05) is 15.9 Å². The molecule has 0 aromatic heterocycles. The maximum atomic E-state index is 13.5. The van der Waals surface area contributed by atoms with Crippen LogP contribution < -0.4 is 4.74 Å². The molecule has 0 spiro atoms. The third-order valence-corrected chi connectivity index (χ3v) is 2.58. The molecule has 0 bridgehead atoms. The van der Waals surface area contributed by atoms with Crippen molar-refractivity contribution < 1.29 is 18.7 Å². The van der Waals surface area contributed by atoms with Gasteiger partial charge in [0.15, 0.2) is 11.6 Å². The average Bonchev–Trinajstić information content (AvgIpc) is 2.28. The maximum absolute atomic E-state index is 13.5. The van der Waals surface area contributed by atoms with Gasteiger partial charge in [0.25, 0.3) is 0 Å². The topological polar surface area (TPSA) is 35.5 Å². The van der Waals surface area contributed by atoms with Crippen LogP contribution in [0.3, 0.4) is 0 Å². The lowest BCUT2D eigenvalue weighted by molar-refractivity contribution is 0.0525. The van der Waals surface area contributed by atoms with E-state index in [0.717, 1.165) is 6.07 Å². The maximum Gasteiger partial charge on any atom is 0.338 e. The number of alkyl halides is 1. The molecular formula is C11H12BrFO3. The summed E-state index contributed by atoms with van der Waals surface area (Å²) < 4.78 is 23.2. The molecule has 0 atom stereocenters. The summed E-state index contributed by atoms with van der Waals surface area (Å²) in [7, 11) is 1.38. The molecule has 1 aromatic carbocycles. The summed E-state index contributed by atoms with van der Waals surface area (Å²) in [6.07, 6.45) is 0. The summed E-state index contributed by atoms with van der Waals surface area (Å²) in [5, 5.41) is 0.403. The van der Waals surface area contributed by atoms with Crippen LogP contribution in [0.25, 0.3) is 0 Å². The first-order chi connectivity index (χ1) is 7.63. The molecular weight excluding hydrogens is 279 g/mol. The number of hydrogen-bond acceptors (Lipinski definition) is 3. The van der Waals surface area contributed by atoms with Gasteiger partial charge in [-0.05, 0) is 19.1 Å². The molecule has 0 aliphatic rings. The van der Waals surface area contributed by atoms with E-state index in [9.17, 15) is 9.18 Å². The third kappa shape index (κ3) is 2.72. The van der Waals surface area contributed by atoms with Gasteiger partial charge in [-0.15, -0.1) is 0 Å². The molecule has 0 radical (unpaired) electrons. The zero-order valence-electron chi connectivity index (χ0n) is 9.05. The molecule has 0 N–H and O–H groups in total. The monoisotopic (exact) mass is 290 g/mol. The molecule has 0 saturated heterocycles. The van der Waals surface area contributed by atoms with Crippen LogP contribution in [0.5, 0.6) is 5.75 Å². The molecule has 16 heavy (non-hydrogen) atoms. The first-order valence-electron chi connectivity index (χ1n) is 4.73. The smallest absolute Gasteiger partial charge is 0.338 e. The van der Waals surface area contributed by atoms with Crippen LogP contribution in [0.1, 0.15) is 22.8 Å². The number of benzene rings is 1. The van der Waals surface area contributed by atoms with Crippen molar-refractivity contribution in [1.29, 1.82) is 0 Å². The van der Waals surface area contributed by atoms with Gasteiger partial charge >= 0.3 is 5.97 Å². The van der Waals surface area contributed by atoms with Crippen LogP contribution in [0.4, 0.5) is 4.39 Å². The number of ether oxygens (including phenoxy) is 2. The second-order valence-electron chi connectivity index (χ2n) is 3.00. The van der Waals surface area contributed by atoms with Crippen molar-refractivity contribution in [1.82, 2.24) is 0 Å². The molecule has 88 valence electrons. The Morgan fingerprint density at radius 2 is 2.19 bits per heavy atom. The van der Waals surface area contributed by atoms with Gasteiger partial charge in [-0.3, -0.25) is 0 Å². The van der Waals surface area contributed by atoms with Crippen molar-refractivity contribution in [2.75, 3.05) is 13.7 Å². The summed E-state index contributed by atoms with van der Waals surface area (Å²) in [5.41, 5.74) is 0.764. The van der Waals surface area contributed by atoms with Gasteiger partial charge in [0, 0.05) is 10.9 Å². The second kappa shape index (κ2) is 5.84. The Morgan fingerprint density at radius 3 is 2.69 bits per heavy atom. The lowest BCUT2D eigenvalue weighted by Gasteiger charge is -2.09. The highest BCUT2D eigenvalue weighted by molar-refractivity contribution is 9.08. The summed E-state index contributed by atoms with van der Waals surface area (Å²) in [5.74, 6) is -0.960. The highest BCUT2D eigenvalue weighted by Gasteiger charge is 2.15. The quantitative estimate of drug-likeness (QED) is 0.632. The molecule has 0 aliphatic heterocycles. The average molecular weight is 291 g/mol. The van der Waals surface area contributed by atoms with Crippen molar-refractivity contribution in [2.24, 2.45) is 0 Å². The van der Waals surface area contributed by atoms with E-state index in [1.165, 1.54) is 7.11 Å². The molecule has 1 rings (SSSR count). The normalized spacial score (nSPS) is 10.0. The Labute approximate surface area is 102 Å². The number of carbonyl (C=O) groups is 1. The van der Waals surface area contributed by atoms with Gasteiger partial charge in [0.05, 0.1) is 19.3 Å². The van der Waals surface area contributed by atoms with Crippen LogP contribution in [0.15, 0.2) is 12.1 Å². The Hall–Kier alpha value is -1.10. The third-order valence-electron chi connectivity index (χ3n) is 1.98. The first kappa shape index (κ1) is 13.0. The number of halogens is 2. The van der Waals surface area contributed by atoms with E-state index in [4.69, 9.17) is 9.47 Å². The number of carbonyl (C=O) groups excluding carboxylic acids is 1. The van der Waals surface area contributed by atoms with Gasteiger partial charge < -0.3 is 9.47 Å². The van der Waals surface area contributed by atoms with E-state index in [1.807, 2.05) is 0 Å². The van der Waals surface area contributed by atoms with E-state index in [2.05, 4.69) is 15.9 Å². The zero-order chi connectivity index (χ0) is 12.1. The second-order valence-corrected chi connectivity index (χ2v) is 3.57. The summed E-state index contributed by atoms with van der Waals surface area (Å²) >= 11 is 3.21. The Balaban J connectivity index is 3.15. The van der Waals surface area contributed by atoms with Crippen molar-refractivity contribution in [2.45, 2.75) is 12.3 Å². The summed E-state index contributed by atoms with van der Waals surface area (Å²) in [6.45, 7) is 1.96. The number of rotatable bonds is 4. The largest absolute Gasteiger partial charge is 0.493 e. The molecule has 0 heterocycles. The van der Waals surface area contributed by atoms with Gasteiger partial charge in [0.1, 0.15) is 0 Å². The van der Waals surface area contributed by atoms with E-state index in [1.54, 1.807) is 13.0 Å². The van der Waals surface area contributed by atoms with E-state index in [-0.39, 0.29) is 17.9 Å². The predicted molar refractivity (Wildman–Crippen MR) is 61.5 cm³/mol. The van der Waals surface area contributed by atoms with Crippen LogP contribution in [0.2, 0.25) is 0 Å².